The van der Waals surface area contributed by atoms with Crippen molar-refractivity contribution < 1.29 is 4.79 Å². The summed E-state index contributed by atoms with van der Waals surface area (Å²) in [5.41, 5.74) is 0.866. The van der Waals surface area contributed by atoms with Gasteiger partial charge in [0.2, 0.25) is 5.91 Å². The molecular weight excluding hydrogens is 316 g/mol. The molecule has 0 spiro atoms. The lowest BCUT2D eigenvalue weighted by Gasteiger charge is -2.30. The third-order valence-corrected chi connectivity index (χ3v) is 5.21. The summed E-state index contributed by atoms with van der Waals surface area (Å²) >= 11 is 3.47. The van der Waals surface area contributed by atoms with Crippen molar-refractivity contribution >= 4 is 21.8 Å². The summed E-state index contributed by atoms with van der Waals surface area (Å²) in [6, 6.07) is 8.58. The van der Waals surface area contributed by atoms with E-state index in [4.69, 9.17) is 0 Å². The van der Waals surface area contributed by atoms with Gasteiger partial charge in [0.1, 0.15) is 0 Å². The molecule has 1 unspecified atom stereocenters. The average Bonchev–Trinajstić information content (AvgIpc) is 3.10. The lowest BCUT2D eigenvalue weighted by Crippen LogP contribution is -2.47. The van der Waals surface area contributed by atoms with E-state index >= 15 is 0 Å². The van der Waals surface area contributed by atoms with E-state index < -0.39 is 0 Å². The molecule has 1 aromatic rings. The van der Waals surface area contributed by atoms with Crippen molar-refractivity contribution in [2.75, 3.05) is 13.1 Å². The Bertz CT molecular complexity index is 474. The summed E-state index contributed by atoms with van der Waals surface area (Å²) in [5, 5.41) is 6.57. The monoisotopic (exact) mass is 336 g/mol. The van der Waals surface area contributed by atoms with Crippen LogP contribution in [-0.4, -0.2) is 25.0 Å². The van der Waals surface area contributed by atoms with E-state index in [0.717, 1.165) is 49.7 Å². The summed E-state index contributed by atoms with van der Waals surface area (Å²) in [4.78, 5) is 12.9. The molecule has 1 aliphatic carbocycles. The van der Waals surface area contributed by atoms with E-state index in [2.05, 4.69) is 38.7 Å². The Morgan fingerprint density at radius 1 is 1.25 bits per heavy atom. The van der Waals surface area contributed by atoms with Crippen LogP contribution in [0.5, 0.6) is 0 Å². The molecule has 1 saturated heterocycles. The van der Waals surface area contributed by atoms with E-state index in [1.165, 1.54) is 5.56 Å². The normalized spacial score (nSPS) is 24.8. The molecular formula is C16H21BrN2O. The molecule has 2 fully saturated rings. The highest BCUT2D eigenvalue weighted by Crippen LogP contribution is 2.41. The van der Waals surface area contributed by atoms with Crippen LogP contribution in [0.25, 0.3) is 0 Å². The van der Waals surface area contributed by atoms with E-state index in [-0.39, 0.29) is 11.3 Å². The molecule has 1 aromatic carbocycles. The second-order valence-corrected chi connectivity index (χ2v) is 6.87. The van der Waals surface area contributed by atoms with Crippen molar-refractivity contribution in [2.45, 2.75) is 43.6 Å². The highest BCUT2D eigenvalue weighted by Gasteiger charge is 2.43. The Morgan fingerprint density at radius 3 is 2.55 bits per heavy atom. The van der Waals surface area contributed by atoms with Gasteiger partial charge in [-0.05, 0) is 43.5 Å². The Kier molecular flexibility index (Phi) is 4.13. The number of amides is 1. The quantitative estimate of drug-likeness (QED) is 0.891. The van der Waals surface area contributed by atoms with Crippen LogP contribution in [0.1, 0.15) is 37.7 Å². The van der Waals surface area contributed by atoms with Gasteiger partial charge in [-0.3, -0.25) is 4.79 Å². The van der Waals surface area contributed by atoms with Gasteiger partial charge in [0.15, 0.2) is 0 Å². The van der Waals surface area contributed by atoms with Crippen LogP contribution in [0, 0.1) is 0 Å². The second kappa shape index (κ2) is 5.86. The summed E-state index contributed by atoms with van der Waals surface area (Å²) in [6.07, 6.45) is 5.28. The molecule has 1 amide bonds. The van der Waals surface area contributed by atoms with Crippen LogP contribution in [0.2, 0.25) is 0 Å². The number of rotatable bonds is 3. The minimum atomic E-state index is -0.302. The molecule has 1 saturated carbocycles. The summed E-state index contributed by atoms with van der Waals surface area (Å²) < 4.78 is 1.06. The first-order chi connectivity index (χ1) is 9.71. The van der Waals surface area contributed by atoms with Gasteiger partial charge in [0.05, 0.1) is 5.41 Å². The van der Waals surface area contributed by atoms with Crippen molar-refractivity contribution in [3.05, 3.63) is 34.3 Å². The van der Waals surface area contributed by atoms with Crippen molar-refractivity contribution in [3.63, 3.8) is 0 Å². The molecule has 3 rings (SSSR count). The Hall–Kier alpha value is -0.870. The number of carbonyl (C=O) groups is 1. The van der Waals surface area contributed by atoms with Gasteiger partial charge in [0, 0.05) is 17.1 Å². The van der Waals surface area contributed by atoms with Crippen LogP contribution >= 0.6 is 15.9 Å². The topological polar surface area (TPSA) is 41.1 Å². The predicted molar refractivity (Wildman–Crippen MR) is 83.7 cm³/mol. The summed E-state index contributed by atoms with van der Waals surface area (Å²) in [5.74, 6) is 0.228. The Morgan fingerprint density at radius 2 is 1.95 bits per heavy atom. The highest BCUT2D eigenvalue weighted by molar-refractivity contribution is 9.10. The van der Waals surface area contributed by atoms with Crippen molar-refractivity contribution in [3.8, 4) is 0 Å². The maximum absolute atomic E-state index is 12.9. The van der Waals surface area contributed by atoms with Crippen LogP contribution in [0.15, 0.2) is 28.7 Å². The number of hydrogen-bond donors (Lipinski definition) is 2. The zero-order chi connectivity index (χ0) is 14.0. The highest BCUT2D eigenvalue weighted by atomic mass is 79.9. The number of benzene rings is 1. The fourth-order valence-corrected chi connectivity index (χ4v) is 3.76. The third-order valence-electron chi connectivity index (χ3n) is 4.68. The predicted octanol–water partition coefficient (Wildman–Crippen LogP) is 2.74. The lowest BCUT2D eigenvalue weighted by atomic mass is 9.78. The smallest absolute Gasteiger partial charge is 0.230 e. The van der Waals surface area contributed by atoms with Crippen LogP contribution in [0.4, 0.5) is 0 Å². The minimum absolute atomic E-state index is 0.228. The first kappa shape index (κ1) is 14.1. The fourth-order valence-electron chi connectivity index (χ4n) is 3.50. The first-order valence-electron chi connectivity index (χ1n) is 7.48. The van der Waals surface area contributed by atoms with Gasteiger partial charge >= 0.3 is 0 Å². The van der Waals surface area contributed by atoms with Crippen LogP contribution < -0.4 is 10.6 Å². The largest absolute Gasteiger partial charge is 0.351 e. The van der Waals surface area contributed by atoms with Crippen LogP contribution in [0.3, 0.4) is 0 Å². The van der Waals surface area contributed by atoms with Crippen molar-refractivity contribution in [2.24, 2.45) is 0 Å². The molecule has 1 aliphatic heterocycles. The van der Waals surface area contributed by atoms with Gasteiger partial charge < -0.3 is 10.6 Å². The molecule has 1 atom stereocenters. The Balaban J connectivity index is 1.83. The molecule has 2 aliphatic rings. The molecule has 0 bridgehead atoms. The zero-order valence-electron chi connectivity index (χ0n) is 11.6. The fraction of sp³-hybridized carbons (Fsp3) is 0.562. The van der Waals surface area contributed by atoms with E-state index in [1.807, 2.05) is 12.1 Å². The molecule has 0 aromatic heterocycles. The number of hydrogen-bond acceptors (Lipinski definition) is 2. The van der Waals surface area contributed by atoms with Crippen LogP contribution in [-0.2, 0) is 10.2 Å². The molecule has 3 nitrogen and oxygen atoms in total. The molecule has 20 heavy (non-hydrogen) atoms. The maximum atomic E-state index is 12.9. The summed E-state index contributed by atoms with van der Waals surface area (Å²) in [6.45, 7) is 1.92. The van der Waals surface area contributed by atoms with Gasteiger partial charge in [-0.15, -0.1) is 0 Å². The SMILES string of the molecule is O=C(NC1CCNC1)C1(c2ccc(Br)cc2)CCCC1. The minimum Gasteiger partial charge on any atom is -0.351 e. The van der Waals surface area contributed by atoms with Gasteiger partial charge in [0.25, 0.3) is 0 Å². The average molecular weight is 337 g/mol. The maximum Gasteiger partial charge on any atom is 0.230 e. The number of carbonyl (C=O) groups excluding carboxylic acids is 1. The molecule has 4 heteroatoms. The zero-order valence-corrected chi connectivity index (χ0v) is 13.2. The lowest BCUT2D eigenvalue weighted by molar-refractivity contribution is -0.127. The van der Waals surface area contributed by atoms with E-state index in [0.29, 0.717) is 6.04 Å². The summed E-state index contributed by atoms with van der Waals surface area (Å²) in [7, 11) is 0. The van der Waals surface area contributed by atoms with E-state index in [1.54, 1.807) is 0 Å². The van der Waals surface area contributed by atoms with Crippen molar-refractivity contribution in [1.29, 1.82) is 0 Å². The third kappa shape index (κ3) is 2.63. The molecule has 2 N–H and O–H groups in total. The Labute approximate surface area is 128 Å². The number of halogens is 1. The standard InChI is InChI=1S/C16H21BrN2O/c17-13-5-3-12(4-6-13)16(8-1-2-9-16)15(20)19-14-7-10-18-11-14/h3-6,14,18H,1-2,7-11H2,(H,19,20). The van der Waals surface area contributed by atoms with Crippen molar-refractivity contribution in [1.82, 2.24) is 10.6 Å². The second-order valence-electron chi connectivity index (χ2n) is 5.96. The van der Waals surface area contributed by atoms with Gasteiger partial charge in [-0.1, -0.05) is 40.9 Å². The molecule has 1 heterocycles. The first-order valence-corrected chi connectivity index (χ1v) is 8.28. The van der Waals surface area contributed by atoms with E-state index in [9.17, 15) is 4.79 Å². The van der Waals surface area contributed by atoms with Gasteiger partial charge in [-0.25, -0.2) is 0 Å². The molecule has 0 radical (unpaired) electrons. The molecule has 108 valence electrons. The number of nitrogens with one attached hydrogen (secondary N) is 2. The van der Waals surface area contributed by atoms with Gasteiger partial charge in [-0.2, -0.15) is 0 Å².